The van der Waals surface area contributed by atoms with Gasteiger partial charge < -0.3 is 0 Å². The number of rotatable bonds is 2. The Morgan fingerprint density at radius 2 is 2.36 bits per heavy atom. The summed E-state index contributed by atoms with van der Waals surface area (Å²) < 4.78 is 0. The number of nitrogens with one attached hydrogen (secondary N) is 1. The molecule has 0 amide bonds. The lowest BCUT2D eigenvalue weighted by Crippen LogP contribution is -1.83. The first kappa shape index (κ1) is 8.72. The van der Waals surface area contributed by atoms with Crippen LogP contribution in [0.1, 0.15) is 5.56 Å². The molecule has 0 bridgehead atoms. The van der Waals surface area contributed by atoms with Crippen LogP contribution in [0, 0.1) is 11.3 Å². The van der Waals surface area contributed by atoms with Crippen molar-refractivity contribution in [2.45, 2.75) is 10.2 Å². The van der Waals surface area contributed by atoms with Crippen molar-refractivity contribution >= 4 is 11.8 Å². The van der Waals surface area contributed by atoms with Crippen molar-refractivity contribution in [3.63, 3.8) is 0 Å². The predicted octanol–water partition coefficient (Wildman–Crippen LogP) is 1.22. The monoisotopic (exact) mass is 203 g/mol. The minimum absolute atomic E-state index is 0.585. The molecule has 2 rings (SSSR count). The van der Waals surface area contributed by atoms with E-state index in [0.717, 1.165) is 5.03 Å². The number of nitrogens with zero attached hydrogens (tertiary/aromatic N) is 4. The standard InChI is InChI=1S/C8H5N5S/c9-4-6-1-2-10-7(3-6)14-8-11-5-12-13-8/h1-3,5H,(H,11,12,13). The van der Waals surface area contributed by atoms with Gasteiger partial charge in [0, 0.05) is 6.20 Å². The van der Waals surface area contributed by atoms with Crippen LogP contribution >= 0.6 is 11.8 Å². The molecule has 0 saturated heterocycles. The van der Waals surface area contributed by atoms with Crippen molar-refractivity contribution in [3.8, 4) is 6.07 Å². The Balaban J connectivity index is 2.22. The molecule has 0 aliphatic heterocycles. The second-order valence-corrected chi connectivity index (χ2v) is 3.40. The summed E-state index contributed by atoms with van der Waals surface area (Å²) in [5, 5.41) is 16.5. The Morgan fingerprint density at radius 1 is 1.43 bits per heavy atom. The van der Waals surface area contributed by atoms with E-state index in [1.165, 1.54) is 18.1 Å². The van der Waals surface area contributed by atoms with Crippen molar-refractivity contribution in [1.82, 2.24) is 20.2 Å². The topological polar surface area (TPSA) is 78.2 Å². The van der Waals surface area contributed by atoms with Gasteiger partial charge in [0.25, 0.3) is 0 Å². The highest BCUT2D eigenvalue weighted by molar-refractivity contribution is 7.99. The third-order valence-corrected chi connectivity index (χ3v) is 2.28. The lowest BCUT2D eigenvalue weighted by Gasteiger charge is -1.95. The van der Waals surface area contributed by atoms with E-state index in [2.05, 4.69) is 20.2 Å². The number of nitriles is 1. The fraction of sp³-hybridized carbons (Fsp3) is 0. The minimum Gasteiger partial charge on any atom is -0.254 e. The van der Waals surface area contributed by atoms with E-state index in [1.54, 1.807) is 18.3 Å². The molecule has 0 radical (unpaired) electrons. The second-order valence-electron chi connectivity index (χ2n) is 2.39. The smallest absolute Gasteiger partial charge is 0.189 e. The molecular formula is C8H5N5S. The van der Waals surface area contributed by atoms with Gasteiger partial charge in [-0.2, -0.15) is 10.4 Å². The summed E-state index contributed by atoms with van der Waals surface area (Å²) in [4.78, 5) is 8.03. The van der Waals surface area contributed by atoms with E-state index in [1.807, 2.05) is 6.07 Å². The molecule has 0 aliphatic rings. The molecule has 0 saturated carbocycles. The molecule has 2 aromatic rings. The number of aromatic nitrogens is 4. The molecule has 6 heteroatoms. The van der Waals surface area contributed by atoms with E-state index < -0.39 is 0 Å². The molecule has 0 aromatic carbocycles. The van der Waals surface area contributed by atoms with Crippen LogP contribution in [0.4, 0.5) is 0 Å². The average Bonchev–Trinajstić information content (AvgIpc) is 2.71. The third kappa shape index (κ3) is 1.89. The van der Waals surface area contributed by atoms with Gasteiger partial charge >= 0.3 is 0 Å². The van der Waals surface area contributed by atoms with Gasteiger partial charge in [0.15, 0.2) is 5.16 Å². The van der Waals surface area contributed by atoms with Crippen molar-refractivity contribution < 1.29 is 0 Å². The number of hydrogen-bond donors (Lipinski definition) is 1. The molecule has 68 valence electrons. The Morgan fingerprint density at radius 3 is 3.07 bits per heavy atom. The Bertz CT molecular complexity index is 459. The van der Waals surface area contributed by atoms with Crippen LogP contribution in [0.15, 0.2) is 34.8 Å². The molecule has 0 fully saturated rings. The van der Waals surface area contributed by atoms with Crippen molar-refractivity contribution in [2.75, 3.05) is 0 Å². The maximum Gasteiger partial charge on any atom is 0.189 e. The Labute approximate surface area is 84.2 Å². The largest absolute Gasteiger partial charge is 0.254 e. The highest BCUT2D eigenvalue weighted by atomic mass is 32.2. The van der Waals surface area contributed by atoms with Crippen LogP contribution in [0.2, 0.25) is 0 Å². The summed E-state index contributed by atoms with van der Waals surface area (Å²) in [6.45, 7) is 0. The van der Waals surface area contributed by atoms with Crippen LogP contribution in [0.25, 0.3) is 0 Å². The van der Waals surface area contributed by atoms with E-state index in [0.29, 0.717) is 10.7 Å². The van der Waals surface area contributed by atoms with Gasteiger partial charge in [0.1, 0.15) is 11.4 Å². The van der Waals surface area contributed by atoms with Gasteiger partial charge in [0.05, 0.1) is 11.6 Å². The summed E-state index contributed by atoms with van der Waals surface area (Å²) >= 11 is 1.33. The third-order valence-electron chi connectivity index (χ3n) is 1.46. The van der Waals surface area contributed by atoms with Crippen LogP contribution in [0.5, 0.6) is 0 Å². The maximum absolute atomic E-state index is 8.67. The first-order valence-corrected chi connectivity index (χ1v) is 4.59. The summed E-state index contributed by atoms with van der Waals surface area (Å²) in [6, 6.07) is 5.41. The van der Waals surface area contributed by atoms with Gasteiger partial charge in [-0.3, -0.25) is 5.10 Å². The van der Waals surface area contributed by atoms with Gasteiger partial charge in [-0.15, -0.1) is 0 Å². The van der Waals surface area contributed by atoms with Gasteiger partial charge in [-0.25, -0.2) is 9.97 Å². The van der Waals surface area contributed by atoms with Crippen LogP contribution in [0.3, 0.4) is 0 Å². The van der Waals surface area contributed by atoms with E-state index in [4.69, 9.17) is 5.26 Å². The zero-order valence-corrected chi connectivity index (χ0v) is 7.82. The Kier molecular flexibility index (Phi) is 2.42. The zero-order valence-electron chi connectivity index (χ0n) is 7.01. The normalized spacial score (nSPS) is 9.64. The summed E-state index contributed by atoms with van der Waals surface area (Å²) in [7, 11) is 0. The Hall–Kier alpha value is -1.87. The fourth-order valence-corrected chi connectivity index (χ4v) is 1.57. The molecule has 1 N–H and O–H groups in total. The van der Waals surface area contributed by atoms with Crippen molar-refractivity contribution in [3.05, 3.63) is 30.2 Å². The molecule has 2 aromatic heterocycles. The number of pyridine rings is 1. The molecule has 0 aliphatic carbocycles. The van der Waals surface area contributed by atoms with Crippen LogP contribution < -0.4 is 0 Å². The lowest BCUT2D eigenvalue weighted by molar-refractivity contribution is 0.967. The number of H-pyrrole nitrogens is 1. The fourth-order valence-electron chi connectivity index (χ4n) is 0.877. The summed E-state index contributed by atoms with van der Waals surface area (Å²) in [5.74, 6) is 0. The van der Waals surface area contributed by atoms with Gasteiger partial charge in [-0.05, 0) is 23.9 Å². The quantitative estimate of drug-likeness (QED) is 0.794. The van der Waals surface area contributed by atoms with Crippen LogP contribution in [-0.4, -0.2) is 20.2 Å². The zero-order chi connectivity index (χ0) is 9.80. The molecule has 0 atom stereocenters. The highest BCUT2D eigenvalue weighted by Crippen LogP contribution is 2.21. The van der Waals surface area contributed by atoms with Gasteiger partial charge in [-0.1, -0.05) is 0 Å². The summed E-state index contributed by atoms with van der Waals surface area (Å²) in [6.07, 6.45) is 3.02. The molecule has 0 unspecified atom stereocenters. The van der Waals surface area contributed by atoms with Crippen LogP contribution in [-0.2, 0) is 0 Å². The van der Waals surface area contributed by atoms with Crippen molar-refractivity contribution in [2.24, 2.45) is 0 Å². The van der Waals surface area contributed by atoms with E-state index in [-0.39, 0.29) is 0 Å². The SMILES string of the molecule is N#Cc1ccnc(Sc2ncn[nH]2)c1. The van der Waals surface area contributed by atoms with Gasteiger partial charge in [0.2, 0.25) is 0 Å². The first-order valence-electron chi connectivity index (χ1n) is 3.78. The van der Waals surface area contributed by atoms with E-state index >= 15 is 0 Å². The second kappa shape index (κ2) is 3.89. The predicted molar refractivity (Wildman–Crippen MR) is 49.5 cm³/mol. The summed E-state index contributed by atoms with van der Waals surface area (Å²) in [5.41, 5.74) is 0.585. The number of aromatic amines is 1. The minimum atomic E-state index is 0.585. The highest BCUT2D eigenvalue weighted by Gasteiger charge is 2.01. The molecular weight excluding hydrogens is 198 g/mol. The average molecular weight is 203 g/mol. The molecule has 0 spiro atoms. The molecule has 5 nitrogen and oxygen atoms in total. The number of hydrogen-bond acceptors (Lipinski definition) is 5. The lowest BCUT2D eigenvalue weighted by atomic mass is 10.3. The maximum atomic E-state index is 8.67. The first-order chi connectivity index (χ1) is 6.88. The van der Waals surface area contributed by atoms with E-state index in [9.17, 15) is 0 Å². The molecule has 2 heterocycles. The van der Waals surface area contributed by atoms with Crippen molar-refractivity contribution in [1.29, 1.82) is 5.26 Å². The molecule has 14 heavy (non-hydrogen) atoms.